The van der Waals surface area contributed by atoms with Gasteiger partial charge >= 0.3 is 0 Å². The van der Waals surface area contributed by atoms with E-state index in [1.165, 1.54) is 0 Å². The first-order valence-corrected chi connectivity index (χ1v) is 8.86. The maximum atomic E-state index is 12.6. The molecule has 25 heavy (non-hydrogen) atoms. The van der Waals surface area contributed by atoms with Gasteiger partial charge in [0.15, 0.2) is 0 Å². The monoisotopic (exact) mass is 342 g/mol. The van der Waals surface area contributed by atoms with Crippen LogP contribution in [-0.2, 0) is 9.59 Å². The second kappa shape index (κ2) is 9.12. The van der Waals surface area contributed by atoms with Crippen molar-refractivity contribution in [2.45, 2.75) is 51.6 Å². The summed E-state index contributed by atoms with van der Waals surface area (Å²) in [6, 6.07) is 6.82. The molecule has 1 saturated heterocycles. The van der Waals surface area contributed by atoms with E-state index in [-0.39, 0.29) is 17.9 Å². The van der Waals surface area contributed by atoms with Gasteiger partial charge < -0.3 is 15.0 Å². The zero-order valence-electron chi connectivity index (χ0n) is 15.2. The lowest BCUT2D eigenvalue weighted by Crippen LogP contribution is -2.61. The van der Waals surface area contributed by atoms with Crippen molar-refractivity contribution in [1.29, 1.82) is 0 Å². The number of nitrogens with zero attached hydrogens (tertiary/aromatic N) is 1. The molecule has 5 heteroatoms. The number of rotatable bonds is 5. The molecule has 1 aliphatic heterocycles. The van der Waals surface area contributed by atoms with Crippen molar-refractivity contribution in [2.24, 2.45) is 0 Å². The standard InChI is InChI=1S/C20H26N2O3/c1-4-6-16-14-22(18(7-5-2)20(24)21-16)19(23)13-10-15-8-11-17(25-3)12-9-15/h8-9,11-12,16,18H,4-7,14H2,1-3H3,(H,21,24). The van der Waals surface area contributed by atoms with Crippen molar-refractivity contribution in [1.82, 2.24) is 10.2 Å². The summed E-state index contributed by atoms with van der Waals surface area (Å²) in [5, 5.41) is 3.03. The molecule has 2 unspecified atom stereocenters. The van der Waals surface area contributed by atoms with Gasteiger partial charge in [0.25, 0.3) is 5.91 Å². The first-order valence-electron chi connectivity index (χ1n) is 8.86. The summed E-state index contributed by atoms with van der Waals surface area (Å²) in [5.74, 6) is 5.98. The third-order valence-corrected chi connectivity index (χ3v) is 4.31. The fraction of sp³-hybridized carbons (Fsp3) is 0.500. The molecule has 2 atom stereocenters. The molecule has 5 nitrogen and oxygen atoms in total. The molecule has 1 heterocycles. The number of amides is 2. The molecule has 0 saturated carbocycles. The summed E-state index contributed by atoms with van der Waals surface area (Å²) in [6.45, 7) is 4.61. The van der Waals surface area contributed by atoms with Crippen molar-refractivity contribution >= 4 is 11.8 Å². The van der Waals surface area contributed by atoms with Crippen LogP contribution in [0.3, 0.4) is 0 Å². The normalized spacial score (nSPS) is 19.6. The largest absolute Gasteiger partial charge is 0.497 e. The van der Waals surface area contributed by atoms with Crippen LogP contribution in [0.1, 0.15) is 45.1 Å². The Labute approximate surface area is 149 Å². The van der Waals surface area contributed by atoms with E-state index in [9.17, 15) is 9.59 Å². The van der Waals surface area contributed by atoms with Gasteiger partial charge in [0.2, 0.25) is 5.91 Å². The zero-order chi connectivity index (χ0) is 18.2. The number of methoxy groups -OCH3 is 1. The summed E-state index contributed by atoms with van der Waals surface area (Å²) < 4.78 is 5.11. The van der Waals surface area contributed by atoms with Gasteiger partial charge in [-0.05, 0) is 37.1 Å². The Balaban J connectivity index is 2.15. The smallest absolute Gasteiger partial charge is 0.299 e. The molecule has 0 spiro atoms. The summed E-state index contributed by atoms with van der Waals surface area (Å²) in [4.78, 5) is 26.6. The van der Waals surface area contributed by atoms with Crippen molar-refractivity contribution < 1.29 is 14.3 Å². The van der Waals surface area contributed by atoms with E-state index in [1.54, 1.807) is 24.1 Å². The third-order valence-electron chi connectivity index (χ3n) is 4.31. The summed E-state index contributed by atoms with van der Waals surface area (Å²) >= 11 is 0. The Hall–Kier alpha value is -2.48. The second-order valence-electron chi connectivity index (χ2n) is 6.23. The number of ether oxygens (including phenoxy) is 1. The summed E-state index contributed by atoms with van der Waals surface area (Å²) in [5.41, 5.74) is 0.743. The number of piperazine rings is 1. The number of nitrogens with one attached hydrogen (secondary N) is 1. The Kier molecular flexibility index (Phi) is 6.88. The highest BCUT2D eigenvalue weighted by atomic mass is 16.5. The lowest BCUT2D eigenvalue weighted by atomic mass is 10.0. The van der Waals surface area contributed by atoms with E-state index in [0.717, 1.165) is 30.6 Å². The van der Waals surface area contributed by atoms with E-state index >= 15 is 0 Å². The van der Waals surface area contributed by atoms with E-state index in [1.807, 2.05) is 19.1 Å². The fourth-order valence-electron chi connectivity index (χ4n) is 3.02. The summed E-state index contributed by atoms with van der Waals surface area (Å²) in [6.07, 6.45) is 3.32. The molecule has 1 aromatic carbocycles. The molecule has 1 N–H and O–H groups in total. The maximum Gasteiger partial charge on any atom is 0.299 e. The first-order chi connectivity index (χ1) is 12.1. The molecule has 2 amide bonds. The highest BCUT2D eigenvalue weighted by molar-refractivity contribution is 5.98. The lowest BCUT2D eigenvalue weighted by molar-refractivity contribution is -0.141. The molecule has 134 valence electrons. The van der Waals surface area contributed by atoms with Gasteiger partial charge in [-0.25, -0.2) is 0 Å². The molecule has 1 fully saturated rings. The maximum absolute atomic E-state index is 12.6. The third kappa shape index (κ3) is 4.99. The predicted octanol–water partition coefficient (Wildman–Crippen LogP) is 2.34. The molecular weight excluding hydrogens is 316 g/mol. The minimum absolute atomic E-state index is 0.0114. The molecule has 1 aromatic rings. The van der Waals surface area contributed by atoms with E-state index in [4.69, 9.17) is 4.74 Å². The predicted molar refractivity (Wildman–Crippen MR) is 97.1 cm³/mol. The van der Waals surface area contributed by atoms with Gasteiger partial charge in [0.05, 0.1) is 7.11 Å². The van der Waals surface area contributed by atoms with Gasteiger partial charge in [-0.1, -0.05) is 32.6 Å². The van der Waals surface area contributed by atoms with Crippen LogP contribution in [0.2, 0.25) is 0 Å². The Morgan fingerprint density at radius 1 is 1.24 bits per heavy atom. The second-order valence-corrected chi connectivity index (χ2v) is 6.23. The van der Waals surface area contributed by atoms with Crippen LogP contribution in [-0.4, -0.2) is 42.5 Å². The number of carbonyl (C=O) groups is 2. The van der Waals surface area contributed by atoms with Gasteiger partial charge in [-0.3, -0.25) is 9.59 Å². The van der Waals surface area contributed by atoms with Gasteiger partial charge in [-0.15, -0.1) is 0 Å². The van der Waals surface area contributed by atoms with E-state index < -0.39 is 6.04 Å². The molecule has 0 aromatic heterocycles. The Morgan fingerprint density at radius 2 is 1.92 bits per heavy atom. The first kappa shape index (κ1) is 18.9. The van der Waals surface area contributed by atoms with Crippen LogP contribution in [0.4, 0.5) is 0 Å². The quantitative estimate of drug-likeness (QED) is 0.836. The van der Waals surface area contributed by atoms with Crippen LogP contribution in [0.5, 0.6) is 5.75 Å². The van der Waals surface area contributed by atoms with Crippen molar-refractivity contribution in [2.75, 3.05) is 13.7 Å². The molecule has 0 bridgehead atoms. The van der Waals surface area contributed by atoms with Gasteiger partial charge in [0, 0.05) is 24.1 Å². The van der Waals surface area contributed by atoms with E-state index in [0.29, 0.717) is 13.0 Å². The van der Waals surface area contributed by atoms with Gasteiger partial charge in [-0.2, -0.15) is 0 Å². The van der Waals surface area contributed by atoms with E-state index in [2.05, 4.69) is 24.1 Å². The molecule has 1 aliphatic rings. The van der Waals surface area contributed by atoms with Gasteiger partial charge in [0.1, 0.15) is 11.8 Å². The number of carbonyl (C=O) groups excluding carboxylic acids is 2. The molecule has 0 radical (unpaired) electrons. The zero-order valence-corrected chi connectivity index (χ0v) is 15.2. The van der Waals surface area contributed by atoms with Crippen molar-refractivity contribution in [3.05, 3.63) is 29.8 Å². The molecule has 0 aliphatic carbocycles. The average molecular weight is 342 g/mol. The number of hydrogen-bond acceptors (Lipinski definition) is 3. The van der Waals surface area contributed by atoms with Crippen LogP contribution in [0, 0.1) is 11.8 Å². The Bertz CT molecular complexity index is 658. The number of benzene rings is 1. The van der Waals surface area contributed by atoms with Crippen LogP contribution in [0.25, 0.3) is 0 Å². The van der Waals surface area contributed by atoms with Crippen molar-refractivity contribution in [3.63, 3.8) is 0 Å². The molecule has 2 rings (SSSR count). The van der Waals surface area contributed by atoms with Crippen LogP contribution < -0.4 is 10.1 Å². The lowest BCUT2D eigenvalue weighted by Gasteiger charge is -2.38. The fourth-order valence-corrected chi connectivity index (χ4v) is 3.02. The van der Waals surface area contributed by atoms with Crippen molar-refractivity contribution in [3.8, 4) is 17.6 Å². The number of hydrogen-bond donors (Lipinski definition) is 1. The summed E-state index contributed by atoms with van der Waals surface area (Å²) in [7, 11) is 1.60. The topological polar surface area (TPSA) is 58.6 Å². The average Bonchev–Trinajstić information content (AvgIpc) is 2.62. The minimum atomic E-state index is -0.421. The highest BCUT2D eigenvalue weighted by Crippen LogP contribution is 2.16. The van der Waals surface area contributed by atoms with Crippen LogP contribution in [0.15, 0.2) is 24.3 Å². The SMILES string of the molecule is CCCC1CN(C(=O)C#Cc2ccc(OC)cc2)C(CCC)C(=O)N1. The highest BCUT2D eigenvalue weighted by Gasteiger charge is 2.35. The molecular formula is C20H26N2O3. The van der Waals surface area contributed by atoms with Crippen LogP contribution >= 0.6 is 0 Å². The Morgan fingerprint density at radius 3 is 2.52 bits per heavy atom. The minimum Gasteiger partial charge on any atom is -0.497 e.